The van der Waals surface area contributed by atoms with Crippen molar-refractivity contribution in [3.8, 4) is 17.0 Å². The highest BCUT2D eigenvalue weighted by atomic mass is 19.1. The van der Waals surface area contributed by atoms with E-state index in [0.717, 1.165) is 0 Å². The van der Waals surface area contributed by atoms with Crippen molar-refractivity contribution in [2.45, 2.75) is 31.0 Å². The van der Waals surface area contributed by atoms with Gasteiger partial charge in [0.15, 0.2) is 11.4 Å². The molecule has 3 aromatic rings. The minimum Gasteiger partial charge on any atom is -0.508 e. The molecule has 0 unspecified atom stereocenters. The van der Waals surface area contributed by atoms with Gasteiger partial charge in [-0.05, 0) is 68.8 Å². The number of hydrogen-bond donors (Lipinski definition) is 6. The van der Waals surface area contributed by atoms with Crippen LogP contribution in [0.1, 0.15) is 23.1 Å². The minimum absolute atomic E-state index is 0.0107. The topological polar surface area (TPSA) is 203 Å². The van der Waals surface area contributed by atoms with Crippen LogP contribution in [-0.2, 0) is 27.3 Å². The molecule has 6 rings (SSSR count). The number of phenols is 1. The third-order valence-corrected chi connectivity index (χ3v) is 9.33. The maximum atomic E-state index is 14.2. The van der Waals surface area contributed by atoms with Crippen LogP contribution in [0.25, 0.3) is 17.0 Å². The van der Waals surface area contributed by atoms with Crippen LogP contribution < -0.4 is 16.0 Å². The van der Waals surface area contributed by atoms with Crippen LogP contribution in [0.3, 0.4) is 0 Å². The molecule has 0 saturated heterocycles. The molecule has 0 aliphatic heterocycles. The molecule has 1 fully saturated rings. The van der Waals surface area contributed by atoms with Crippen molar-refractivity contribution in [2.24, 2.45) is 17.6 Å². The third kappa shape index (κ3) is 4.82. The van der Waals surface area contributed by atoms with E-state index in [4.69, 9.17) is 10.2 Å². The van der Waals surface area contributed by atoms with Gasteiger partial charge in [-0.25, -0.2) is 4.39 Å². The molecule has 3 aliphatic carbocycles. The number of halogens is 1. The number of aliphatic hydroxyl groups is 3. The zero-order chi connectivity index (χ0) is 34.1. The fourth-order valence-electron chi connectivity index (χ4n) is 7.16. The monoisotopic (exact) mass is 647 g/mol. The normalized spacial score (nSPS) is 23.9. The predicted molar refractivity (Wildman–Crippen MR) is 168 cm³/mol. The molecule has 2 aromatic carbocycles. The first kappa shape index (κ1) is 31.8. The Labute approximate surface area is 268 Å². The lowest BCUT2D eigenvalue weighted by Crippen LogP contribution is -2.65. The number of aromatic hydroxyl groups is 1. The number of benzene rings is 2. The van der Waals surface area contributed by atoms with Crippen molar-refractivity contribution in [3.63, 3.8) is 0 Å². The Balaban J connectivity index is 1.41. The molecule has 3 aliphatic rings. The third-order valence-electron chi connectivity index (χ3n) is 9.33. The second-order valence-corrected chi connectivity index (χ2v) is 12.5. The van der Waals surface area contributed by atoms with E-state index in [-0.39, 0.29) is 48.1 Å². The van der Waals surface area contributed by atoms with Crippen molar-refractivity contribution in [2.75, 3.05) is 38.4 Å². The number of aliphatic hydroxyl groups excluding tert-OH is 2. The number of phenolic OH excluding ortho intramolecular Hbond substituents is 1. The number of amides is 1. The summed E-state index contributed by atoms with van der Waals surface area (Å²) >= 11 is 0. The maximum absolute atomic E-state index is 14.2. The van der Waals surface area contributed by atoms with Crippen molar-refractivity contribution in [1.82, 2.24) is 9.88 Å². The summed E-state index contributed by atoms with van der Waals surface area (Å²) in [6.45, 7) is -0.0204. The number of Topliss-reactive ketones (excluding diaryl/α,β-unsaturated/α-hetero) is 2. The van der Waals surface area contributed by atoms with Crippen LogP contribution >= 0.6 is 0 Å². The number of oxazole rings is 1. The first-order valence-corrected chi connectivity index (χ1v) is 14.8. The number of nitrogens with one attached hydrogen (secondary N) is 1. The average molecular weight is 648 g/mol. The van der Waals surface area contributed by atoms with Gasteiger partial charge in [-0.15, -0.1) is 0 Å². The molecule has 4 atom stereocenters. The molecular formula is C33H34FN5O8. The number of nitrogens with two attached hydrogens (primary N) is 1. The Bertz CT molecular complexity index is 1900. The van der Waals surface area contributed by atoms with Crippen molar-refractivity contribution < 1.29 is 43.6 Å². The number of likely N-dealkylation sites (N-methyl/N-ethyl adjacent to an activating group) is 1. The summed E-state index contributed by atoms with van der Waals surface area (Å²) < 4.78 is 18.8. The van der Waals surface area contributed by atoms with E-state index in [1.54, 1.807) is 51.3 Å². The Morgan fingerprint density at radius 2 is 1.83 bits per heavy atom. The second-order valence-electron chi connectivity index (χ2n) is 12.5. The van der Waals surface area contributed by atoms with Crippen LogP contribution in [0.4, 0.5) is 16.1 Å². The van der Waals surface area contributed by atoms with E-state index >= 15 is 0 Å². The summed E-state index contributed by atoms with van der Waals surface area (Å²) in [6.07, 6.45) is 1.54. The summed E-state index contributed by atoms with van der Waals surface area (Å²) in [5.74, 6) is -7.51. The Kier molecular flexibility index (Phi) is 7.60. The van der Waals surface area contributed by atoms with Gasteiger partial charge in [0, 0.05) is 48.9 Å². The van der Waals surface area contributed by atoms with Crippen LogP contribution in [-0.4, -0.2) is 87.6 Å². The Morgan fingerprint density at radius 1 is 1.15 bits per heavy atom. The number of ketones is 2. The average Bonchev–Trinajstić information content (AvgIpc) is 3.47. The van der Waals surface area contributed by atoms with Crippen molar-refractivity contribution in [3.05, 3.63) is 76.0 Å². The molecule has 246 valence electrons. The zero-order valence-electron chi connectivity index (χ0n) is 26.0. The minimum atomic E-state index is -2.73. The molecular weight excluding hydrogens is 613 g/mol. The summed E-state index contributed by atoms with van der Waals surface area (Å²) in [4.78, 5) is 47.3. The predicted octanol–water partition coefficient (Wildman–Crippen LogP) is 2.44. The number of nitrogens with zero attached hydrogens (tertiary/aromatic N) is 3. The molecule has 14 heteroatoms. The quantitative estimate of drug-likeness (QED) is 0.205. The summed E-state index contributed by atoms with van der Waals surface area (Å²) in [5, 5.41) is 49.1. The molecule has 13 nitrogen and oxygen atoms in total. The van der Waals surface area contributed by atoms with Gasteiger partial charge in [0.1, 0.15) is 40.6 Å². The molecule has 7 N–H and O–H groups in total. The smallest absolute Gasteiger partial charge is 0.295 e. The largest absolute Gasteiger partial charge is 0.508 e. The van der Waals surface area contributed by atoms with Crippen molar-refractivity contribution >= 4 is 34.9 Å². The molecule has 0 bridgehead atoms. The van der Waals surface area contributed by atoms with Gasteiger partial charge in [-0.3, -0.25) is 19.3 Å². The number of rotatable bonds is 7. The number of hydrogen-bond acceptors (Lipinski definition) is 12. The zero-order valence-corrected chi connectivity index (χ0v) is 26.0. The van der Waals surface area contributed by atoms with Crippen LogP contribution in [0, 0.1) is 17.7 Å². The van der Waals surface area contributed by atoms with E-state index in [9.17, 15) is 39.2 Å². The van der Waals surface area contributed by atoms with Crippen LogP contribution in [0.5, 0.6) is 5.75 Å². The number of aromatic nitrogens is 1. The van der Waals surface area contributed by atoms with Gasteiger partial charge in [-0.2, -0.15) is 4.98 Å². The Morgan fingerprint density at radius 3 is 2.45 bits per heavy atom. The second kappa shape index (κ2) is 11.2. The molecule has 1 aromatic heterocycles. The van der Waals surface area contributed by atoms with Crippen molar-refractivity contribution in [1.29, 1.82) is 0 Å². The molecule has 0 radical (unpaired) electrons. The molecule has 47 heavy (non-hydrogen) atoms. The SMILES string of the molecule is CN(C)c1cc(CNc2nc(-c3ccc(F)cc3)co2)c(O)c2c1C[C@H]1C[C@H]3[C@H](N(C)C)C(=O)C(C(N)=O)=C(O)[C@@]3(O)C(=O)C1=C2O. The summed E-state index contributed by atoms with van der Waals surface area (Å²) in [6, 6.07) is 6.39. The van der Waals surface area contributed by atoms with E-state index in [0.29, 0.717) is 28.1 Å². The first-order valence-electron chi connectivity index (χ1n) is 14.8. The van der Waals surface area contributed by atoms with E-state index in [1.165, 1.54) is 23.3 Å². The van der Waals surface area contributed by atoms with E-state index < -0.39 is 58.0 Å². The number of fused-ring (bicyclic) bond motifs is 3. The molecule has 1 heterocycles. The molecule has 0 spiro atoms. The first-order chi connectivity index (χ1) is 22.2. The molecule has 1 saturated carbocycles. The Hall–Kier alpha value is -5.21. The maximum Gasteiger partial charge on any atom is 0.295 e. The number of primary amides is 1. The summed E-state index contributed by atoms with van der Waals surface area (Å²) in [5.41, 5.74) is 4.11. The van der Waals surface area contributed by atoms with Gasteiger partial charge in [0.2, 0.25) is 5.78 Å². The highest BCUT2D eigenvalue weighted by Gasteiger charge is 2.64. The number of carbonyl (C=O) groups excluding carboxylic acids is 3. The van der Waals surface area contributed by atoms with Gasteiger partial charge < -0.3 is 40.8 Å². The number of anilines is 2. The standard InChI is InChI=1S/C33H34FN5O8/c1-38(2)21-11-16(12-36-32-37-20(13-47-32)14-5-7-17(34)8-6-14)26(40)23-18(21)9-15-10-19-25(39(3)4)28(42)24(31(35)45)30(44)33(19,46)29(43)22(15)27(23)41/h5-8,11,13,15,19,25,40-41,44,46H,9-10,12H2,1-4H3,(H2,35,45)(H,36,37)/t15-,19-,25-,33-/m0/s1. The lowest BCUT2D eigenvalue weighted by atomic mass is 9.57. The fraction of sp³-hybridized carbons (Fsp3) is 0.333. The van der Waals surface area contributed by atoms with Gasteiger partial charge >= 0.3 is 0 Å². The highest BCUT2D eigenvalue weighted by Crippen LogP contribution is 2.54. The van der Waals surface area contributed by atoms with Gasteiger partial charge in [0.25, 0.3) is 11.9 Å². The van der Waals surface area contributed by atoms with Crippen LogP contribution in [0.2, 0.25) is 0 Å². The number of carbonyl (C=O) groups is 3. The van der Waals surface area contributed by atoms with Gasteiger partial charge in [0.05, 0.1) is 11.6 Å². The van der Waals surface area contributed by atoms with Crippen LogP contribution in [0.15, 0.2) is 57.9 Å². The summed E-state index contributed by atoms with van der Waals surface area (Å²) in [7, 11) is 6.66. The molecule has 1 amide bonds. The van der Waals surface area contributed by atoms with Gasteiger partial charge in [-0.1, -0.05) is 0 Å². The lowest BCUT2D eigenvalue weighted by molar-refractivity contribution is -0.153. The lowest BCUT2D eigenvalue weighted by Gasteiger charge is -2.50. The van der Waals surface area contributed by atoms with E-state index in [2.05, 4.69) is 10.3 Å². The van der Waals surface area contributed by atoms with E-state index in [1.807, 2.05) is 0 Å². The highest BCUT2D eigenvalue weighted by molar-refractivity contribution is 6.24. The fourth-order valence-corrected chi connectivity index (χ4v) is 7.16.